The summed E-state index contributed by atoms with van der Waals surface area (Å²) >= 11 is 0. The number of aromatic nitrogens is 2. The van der Waals surface area contributed by atoms with Crippen LogP contribution < -0.4 is 4.84 Å². The van der Waals surface area contributed by atoms with Crippen LogP contribution in [0.25, 0.3) is 0 Å². The predicted octanol–water partition coefficient (Wildman–Crippen LogP) is 2.43. The van der Waals surface area contributed by atoms with Gasteiger partial charge in [0.15, 0.2) is 0 Å². The molecule has 2 atom stereocenters. The molecule has 6 nitrogen and oxygen atoms in total. The Morgan fingerprint density at radius 2 is 1.95 bits per heavy atom. The van der Waals surface area contributed by atoms with Gasteiger partial charge in [0.2, 0.25) is 0 Å². The summed E-state index contributed by atoms with van der Waals surface area (Å²) in [5.74, 6) is 2.18. The number of carbonyl (C=O) groups is 1. The zero-order valence-corrected chi connectivity index (χ0v) is 13.1. The average molecular weight is 296 g/mol. The van der Waals surface area contributed by atoms with Gasteiger partial charge in [0.1, 0.15) is 18.4 Å². The van der Waals surface area contributed by atoms with E-state index in [0.717, 1.165) is 23.1 Å². The zero-order valence-electron chi connectivity index (χ0n) is 13.1. The topological polar surface area (TPSA) is 65.6 Å². The van der Waals surface area contributed by atoms with Crippen molar-refractivity contribution in [2.24, 2.45) is 17.8 Å². The van der Waals surface area contributed by atoms with Gasteiger partial charge in [-0.15, -0.1) is 4.68 Å². The molecular weight excluding hydrogens is 272 g/mol. The molecule has 1 N–H and O–H groups in total. The number of carbonyl (C=O) groups excluding carboxylic acids is 1. The number of hydrogen-bond donors (Lipinski definition) is 1. The number of rotatable bonds is 3. The van der Waals surface area contributed by atoms with Crippen molar-refractivity contribution >= 4 is 6.09 Å². The van der Waals surface area contributed by atoms with Crippen LogP contribution in [0.1, 0.15) is 45.7 Å². The van der Waals surface area contributed by atoms with Crippen molar-refractivity contribution in [1.82, 2.24) is 9.53 Å². The van der Waals surface area contributed by atoms with Gasteiger partial charge in [-0.05, 0) is 57.8 Å². The fourth-order valence-electron chi connectivity index (χ4n) is 3.70. The first-order chi connectivity index (χ1) is 9.83. The molecule has 2 saturated carbocycles. The first kappa shape index (κ1) is 14.4. The lowest BCUT2D eigenvalue weighted by molar-refractivity contribution is 0.0101. The Hall–Kier alpha value is -1.59. The summed E-state index contributed by atoms with van der Waals surface area (Å²) in [6.07, 6.45) is 4.09. The Balaban J connectivity index is 1.76. The van der Waals surface area contributed by atoms with Crippen molar-refractivity contribution < 1.29 is 19.5 Å². The Labute approximate surface area is 124 Å². The molecule has 6 heteroatoms. The maximum absolute atomic E-state index is 12.3. The van der Waals surface area contributed by atoms with Gasteiger partial charge in [-0.1, -0.05) is 11.3 Å². The van der Waals surface area contributed by atoms with E-state index in [4.69, 9.17) is 9.57 Å². The third kappa shape index (κ3) is 2.40. The highest BCUT2D eigenvalue weighted by molar-refractivity contribution is 5.72. The van der Waals surface area contributed by atoms with Gasteiger partial charge >= 0.3 is 6.09 Å². The number of ether oxygens (including phenoxy) is 1. The number of hydrogen-bond acceptors (Lipinski definition) is 4. The SMILES string of the molecule is COn1c(O)c(CC2C3CCCC32)n1C(=O)OC(C)(C)C. The Morgan fingerprint density at radius 3 is 2.48 bits per heavy atom. The Bertz CT molecular complexity index is 542. The van der Waals surface area contributed by atoms with Gasteiger partial charge in [-0.2, -0.15) is 0 Å². The summed E-state index contributed by atoms with van der Waals surface area (Å²) in [4.78, 5) is 18.4. The highest BCUT2D eigenvalue weighted by Gasteiger charge is 2.53. The number of nitrogens with zero attached hydrogens (tertiary/aromatic N) is 2. The molecule has 2 unspecified atom stereocenters. The monoisotopic (exact) mass is 296 g/mol. The molecule has 1 heterocycles. The second-order valence-electron chi connectivity index (χ2n) is 7.14. The van der Waals surface area contributed by atoms with Crippen LogP contribution in [-0.4, -0.2) is 33.4 Å². The van der Waals surface area contributed by atoms with Gasteiger partial charge in [0.05, 0.1) is 0 Å². The smallest absolute Gasteiger partial charge is 0.436 e. The maximum Gasteiger partial charge on any atom is 0.436 e. The maximum atomic E-state index is 12.3. The second kappa shape index (κ2) is 4.71. The van der Waals surface area contributed by atoms with Crippen molar-refractivity contribution in [2.75, 3.05) is 7.11 Å². The van der Waals surface area contributed by atoms with E-state index in [1.165, 1.54) is 31.1 Å². The van der Waals surface area contributed by atoms with E-state index in [1.54, 1.807) is 0 Å². The molecule has 2 aliphatic rings. The third-order valence-corrected chi connectivity index (χ3v) is 4.63. The fourth-order valence-corrected chi connectivity index (χ4v) is 3.70. The minimum Gasteiger partial charge on any atom is -0.490 e. The molecule has 1 aromatic heterocycles. The molecule has 1 aromatic rings. The van der Waals surface area contributed by atoms with E-state index < -0.39 is 11.7 Å². The van der Waals surface area contributed by atoms with Gasteiger partial charge in [0.25, 0.3) is 5.88 Å². The molecule has 0 spiro atoms. The van der Waals surface area contributed by atoms with Crippen LogP contribution in [0.4, 0.5) is 4.79 Å². The van der Waals surface area contributed by atoms with E-state index >= 15 is 0 Å². The molecule has 0 aromatic carbocycles. The fraction of sp³-hybridized carbons (Fsp3) is 0.800. The van der Waals surface area contributed by atoms with Crippen LogP contribution in [0.15, 0.2) is 0 Å². The van der Waals surface area contributed by atoms with Crippen molar-refractivity contribution in [3.63, 3.8) is 0 Å². The quantitative estimate of drug-likeness (QED) is 0.930. The van der Waals surface area contributed by atoms with Crippen LogP contribution in [-0.2, 0) is 11.2 Å². The van der Waals surface area contributed by atoms with E-state index in [0.29, 0.717) is 11.6 Å². The van der Waals surface area contributed by atoms with E-state index in [1.807, 2.05) is 20.8 Å². The van der Waals surface area contributed by atoms with Crippen molar-refractivity contribution in [1.29, 1.82) is 0 Å². The van der Waals surface area contributed by atoms with Crippen LogP contribution in [0.5, 0.6) is 5.88 Å². The molecule has 2 fully saturated rings. The highest BCUT2D eigenvalue weighted by atomic mass is 16.7. The largest absolute Gasteiger partial charge is 0.490 e. The predicted molar refractivity (Wildman–Crippen MR) is 76.2 cm³/mol. The standard InChI is InChI=1S/C15H24N2O4/c1-15(2,3)21-14(19)16-12(13(18)17(16)20-4)8-11-9-6-5-7-10(9)11/h9-11,18H,5-8H2,1-4H3. The molecule has 0 bridgehead atoms. The Kier molecular flexibility index (Phi) is 3.22. The van der Waals surface area contributed by atoms with Crippen molar-refractivity contribution in [3.8, 4) is 5.88 Å². The van der Waals surface area contributed by atoms with Gasteiger partial charge in [0, 0.05) is 0 Å². The average Bonchev–Trinajstić information content (AvgIpc) is 2.81. The van der Waals surface area contributed by atoms with E-state index in [9.17, 15) is 9.90 Å². The molecule has 0 saturated heterocycles. The normalized spacial score (nSPS) is 27.5. The molecule has 21 heavy (non-hydrogen) atoms. The zero-order chi connectivity index (χ0) is 15.4. The van der Waals surface area contributed by atoms with Crippen LogP contribution in [0.2, 0.25) is 0 Å². The summed E-state index contributed by atoms with van der Waals surface area (Å²) in [6, 6.07) is 0. The summed E-state index contributed by atoms with van der Waals surface area (Å²) in [5.41, 5.74) is 0.0357. The summed E-state index contributed by atoms with van der Waals surface area (Å²) in [7, 11) is 1.41. The van der Waals surface area contributed by atoms with Crippen LogP contribution >= 0.6 is 0 Å². The van der Waals surface area contributed by atoms with Gasteiger partial charge in [-0.25, -0.2) is 4.79 Å². The van der Waals surface area contributed by atoms with Crippen LogP contribution in [0, 0.1) is 17.8 Å². The van der Waals surface area contributed by atoms with Crippen molar-refractivity contribution in [2.45, 2.75) is 52.1 Å². The summed E-state index contributed by atoms with van der Waals surface area (Å²) in [5, 5.41) is 10.1. The minimum atomic E-state index is -0.580. The summed E-state index contributed by atoms with van der Waals surface area (Å²) < 4.78 is 6.67. The van der Waals surface area contributed by atoms with Gasteiger partial charge in [-0.3, -0.25) is 0 Å². The van der Waals surface area contributed by atoms with Crippen LogP contribution in [0.3, 0.4) is 0 Å². The molecule has 3 rings (SSSR count). The molecule has 0 radical (unpaired) electrons. The minimum absolute atomic E-state index is 0.0216. The van der Waals surface area contributed by atoms with Gasteiger partial charge < -0.3 is 14.7 Å². The molecule has 2 aliphatic carbocycles. The lowest BCUT2D eigenvalue weighted by atomic mass is 10.1. The third-order valence-electron chi connectivity index (χ3n) is 4.63. The molecule has 118 valence electrons. The molecular formula is C15H24N2O4. The number of fused-ring (bicyclic) bond motifs is 1. The molecule has 0 amide bonds. The molecule has 0 aliphatic heterocycles. The summed E-state index contributed by atoms with van der Waals surface area (Å²) in [6.45, 7) is 5.45. The first-order valence-electron chi connectivity index (χ1n) is 7.63. The second-order valence-corrected chi connectivity index (χ2v) is 7.14. The number of aromatic hydroxyl groups is 1. The van der Waals surface area contributed by atoms with Crippen molar-refractivity contribution in [3.05, 3.63) is 5.69 Å². The highest BCUT2D eigenvalue weighted by Crippen LogP contribution is 2.59. The lowest BCUT2D eigenvalue weighted by Gasteiger charge is -2.28. The van der Waals surface area contributed by atoms with E-state index in [2.05, 4.69) is 0 Å². The van der Waals surface area contributed by atoms with E-state index in [-0.39, 0.29) is 5.88 Å². The Morgan fingerprint density at radius 1 is 1.33 bits per heavy atom. The lowest BCUT2D eigenvalue weighted by Crippen LogP contribution is -2.39. The first-order valence-corrected chi connectivity index (χ1v) is 7.63.